The van der Waals surface area contributed by atoms with Crippen molar-refractivity contribution in [3.63, 3.8) is 0 Å². The fourth-order valence-electron chi connectivity index (χ4n) is 3.66. The zero-order valence-corrected chi connectivity index (χ0v) is 13.1. The van der Waals surface area contributed by atoms with Gasteiger partial charge in [0, 0.05) is 29.9 Å². The second-order valence-electron chi connectivity index (χ2n) is 6.10. The summed E-state index contributed by atoms with van der Waals surface area (Å²) in [6.45, 7) is 7.15. The zero-order valence-electron chi connectivity index (χ0n) is 12.3. The van der Waals surface area contributed by atoms with Gasteiger partial charge in [0.05, 0.1) is 0 Å². The van der Waals surface area contributed by atoms with E-state index in [1.807, 2.05) is 11.8 Å². The number of thioether (sulfide) groups is 1. The van der Waals surface area contributed by atoms with Gasteiger partial charge in [-0.1, -0.05) is 20.3 Å². The molecule has 1 N–H and O–H groups in total. The molecular weight excluding hydrogens is 240 g/mol. The standard InChI is InChI=1S/C15H30N2S/c1-4-8-16-13-9-14-6-5-7-15(10-13)17(14)11-12(2)18-3/h12-16H,4-11H2,1-3H3. The van der Waals surface area contributed by atoms with Crippen molar-refractivity contribution < 1.29 is 0 Å². The molecule has 2 saturated heterocycles. The molecule has 2 fully saturated rings. The number of rotatable bonds is 6. The van der Waals surface area contributed by atoms with E-state index in [0.717, 1.165) is 23.4 Å². The lowest BCUT2D eigenvalue weighted by atomic mass is 9.81. The van der Waals surface area contributed by atoms with Gasteiger partial charge in [0.15, 0.2) is 0 Å². The van der Waals surface area contributed by atoms with Crippen molar-refractivity contribution in [1.82, 2.24) is 10.2 Å². The highest BCUT2D eigenvalue weighted by Gasteiger charge is 2.38. The predicted molar refractivity (Wildman–Crippen MR) is 82.4 cm³/mol. The minimum absolute atomic E-state index is 0.785. The lowest BCUT2D eigenvalue weighted by Crippen LogP contribution is -2.57. The van der Waals surface area contributed by atoms with Crippen LogP contribution in [0, 0.1) is 0 Å². The first kappa shape index (κ1) is 14.7. The van der Waals surface area contributed by atoms with Crippen molar-refractivity contribution >= 4 is 11.8 Å². The number of nitrogens with one attached hydrogen (secondary N) is 1. The average molecular weight is 270 g/mol. The highest BCUT2D eigenvalue weighted by atomic mass is 32.2. The third kappa shape index (κ3) is 3.64. The molecule has 2 aliphatic rings. The molecule has 3 heteroatoms. The molecule has 0 aromatic carbocycles. The molecule has 0 aliphatic carbocycles. The number of nitrogens with zero attached hydrogens (tertiary/aromatic N) is 1. The van der Waals surface area contributed by atoms with E-state index in [1.54, 1.807) is 0 Å². The van der Waals surface area contributed by atoms with Gasteiger partial charge in [-0.3, -0.25) is 4.90 Å². The quantitative estimate of drug-likeness (QED) is 0.798. The Kier molecular flexibility index (Phi) is 5.84. The summed E-state index contributed by atoms with van der Waals surface area (Å²) >= 11 is 2.01. The summed E-state index contributed by atoms with van der Waals surface area (Å²) in [6, 6.07) is 2.52. The monoisotopic (exact) mass is 270 g/mol. The average Bonchev–Trinajstić information content (AvgIpc) is 2.36. The SMILES string of the molecule is CCCNC1CC2CCCC(C1)N2CC(C)SC. The summed E-state index contributed by atoms with van der Waals surface area (Å²) in [5, 5.41) is 4.54. The normalized spacial score (nSPS) is 34.5. The summed E-state index contributed by atoms with van der Waals surface area (Å²) < 4.78 is 0. The molecule has 18 heavy (non-hydrogen) atoms. The van der Waals surface area contributed by atoms with Gasteiger partial charge < -0.3 is 5.32 Å². The number of fused-ring (bicyclic) bond motifs is 2. The molecule has 0 saturated carbocycles. The summed E-state index contributed by atoms with van der Waals surface area (Å²) in [5.74, 6) is 0. The maximum atomic E-state index is 3.76. The predicted octanol–water partition coefficient (Wildman–Crippen LogP) is 3.12. The highest BCUT2D eigenvalue weighted by Crippen LogP contribution is 2.34. The summed E-state index contributed by atoms with van der Waals surface area (Å²) in [4.78, 5) is 2.84. The number of piperidine rings is 2. The summed E-state index contributed by atoms with van der Waals surface area (Å²) in [6.07, 6.45) is 10.6. The minimum atomic E-state index is 0.785. The van der Waals surface area contributed by atoms with Gasteiger partial charge in [-0.15, -0.1) is 0 Å². The molecule has 2 bridgehead atoms. The van der Waals surface area contributed by atoms with Gasteiger partial charge in [0.1, 0.15) is 0 Å². The van der Waals surface area contributed by atoms with Gasteiger partial charge in [-0.2, -0.15) is 11.8 Å². The number of hydrogen-bond donors (Lipinski definition) is 1. The van der Waals surface area contributed by atoms with E-state index in [2.05, 4.69) is 30.3 Å². The molecular formula is C15H30N2S. The van der Waals surface area contributed by atoms with Crippen molar-refractivity contribution in [2.24, 2.45) is 0 Å². The van der Waals surface area contributed by atoms with Gasteiger partial charge >= 0.3 is 0 Å². The van der Waals surface area contributed by atoms with Gasteiger partial charge in [0.25, 0.3) is 0 Å². The van der Waals surface area contributed by atoms with Crippen LogP contribution in [0.3, 0.4) is 0 Å². The van der Waals surface area contributed by atoms with E-state index in [0.29, 0.717) is 0 Å². The van der Waals surface area contributed by atoms with Gasteiger partial charge in [-0.05, 0) is 44.9 Å². The maximum absolute atomic E-state index is 3.76. The van der Waals surface area contributed by atoms with Crippen molar-refractivity contribution in [1.29, 1.82) is 0 Å². The molecule has 2 rings (SSSR count). The minimum Gasteiger partial charge on any atom is -0.314 e. The Bertz CT molecular complexity index is 233. The molecule has 0 radical (unpaired) electrons. The second-order valence-corrected chi connectivity index (χ2v) is 7.38. The van der Waals surface area contributed by atoms with Crippen LogP contribution in [0.15, 0.2) is 0 Å². The van der Waals surface area contributed by atoms with Crippen molar-refractivity contribution in [2.45, 2.75) is 75.7 Å². The molecule has 0 aromatic rings. The first-order valence-electron chi connectivity index (χ1n) is 7.76. The zero-order chi connectivity index (χ0) is 13.0. The Morgan fingerprint density at radius 2 is 1.94 bits per heavy atom. The van der Waals surface area contributed by atoms with Crippen molar-refractivity contribution in [3.05, 3.63) is 0 Å². The first-order valence-corrected chi connectivity index (χ1v) is 9.05. The van der Waals surface area contributed by atoms with E-state index in [4.69, 9.17) is 0 Å². The third-order valence-electron chi connectivity index (χ3n) is 4.68. The van der Waals surface area contributed by atoms with Crippen LogP contribution in [-0.4, -0.2) is 47.6 Å². The van der Waals surface area contributed by atoms with Gasteiger partial charge in [0.2, 0.25) is 0 Å². The highest BCUT2D eigenvalue weighted by molar-refractivity contribution is 7.99. The molecule has 2 aliphatic heterocycles. The largest absolute Gasteiger partial charge is 0.314 e. The summed E-state index contributed by atoms with van der Waals surface area (Å²) in [7, 11) is 0. The van der Waals surface area contributed by atoms with Crippen LogP contribution in [0.1, 0.15) is 52.4 Å². The van der Waals surface area contributed by atoms with E-state index in [-0.39, 0.29) is 0 Å². The van der Waals surface area contributed by atoms with Crippen LogP contribution in [-0.2, 0) is 0 Å². The molecule has 3 atom stereocenters. The molecule has 2 nitrogen and oxygen atoms in total. The Hall–Kier alpha value is 0.270. The molecule has 3 unspecified atom stereocenters. The number of hydrogen-bond acceptors (Lipinski definition) is 3. The van der Waals surface area contributed by atoms with Crippen molar-refractivity contribution in [3.8, 4) is 0 Å². The fraction of sp³-hybridized carbons (Fsp3) is 1.00. The van der Waals surface area contributed by atoms with Crippen LogP contribution in [0.25, 0.3) is 0 Å². The van der Waals surface area contributed by atoms with Gasteiger partial charge in [-0.25, -0.2) is 0 Å². The lowest BCUT2D eigenvalue weighted by Gasteiger charge is -2.50. The maximum Gasteiger partial charge on any atom is 0.0144 e. The Labute approximate surface area is 117 Å². The van der Waals surface area contributed by atoms with E-state index >= 15 is 0 Å². The third-order valence-corrected chi connectivity index (χ3v) is 5.63. The van der Waals surface area contributed by atoms with Crippen LogP contribution >= 0.6 is 11.8 Å². The van der Waals surface area contributed by atoms with E-state index in [9.17, 15) is 0 Å². The molecule has 0 spiro atoms. The first-order chi connectivity index (χ1) is 8.74. The second kappa shape index (κ2) is 7.16. The van der Waals surface area contributed by atoms with Crippen LogP contribution in [0.4, 0.5) is 0 Å². The van der Waals surface area contributed by atoms with Crippen molar-refractivity contribution in [2.75, 3.05) is 19.3 Å². The van der Waals surface area contributed by atoms with E-state index in [1.165, 1.54) is 51.6 Å². The van der Waals surface area contributed by atoms with Crippen LogP contribution in [0.5, 0.6) is 0 Å². The topological polar surface area (TPSA) is 15.3 Å². The van der Waals surface area contributed by atoms with E-state index < -0.39 is 0 Å². The van der Waals surface area contributed by atoms with Crippen LogP contribution in [0.2, 0.25) is 0 Å². The van der Waals surface area contributed by atoms with Crippen LogP contribution < -0.4 is 5.32 Å². The Morgan fingerprint density at radius 1 is 1.28 bits per heavy atom. The molecule has 0 amide bonds. The Morgan fingerprint density at radius 3 is 2.50 bits per heavy atom. The Balaban J connectivity index is 1.90. The molecule has 2 heterocycles. The molecule has 0 aromatic heterocycles. The lowest BCUT2D eigenvalue weighted by molar-refractivity contribution is 0.0260. The summed E-state index contributed by atoms with van der Waals surface area (Å²) in [5.41, 5.74) is 0. The fourth-order valence-corrected chi connectivity index (χ4v) is 3.98. The smallest absolute Gasteiger partial charge is 0.0144 e. The molecule has 106 valence electrons.